The number of alkyl halides is 2. The van der Waals surface area contributed by atoms with Gasteiger partial charge in [0, 0.05) is 10.7 Å². The number of pyridine rings is 1. The second-order valence-corrected chi connectivity index (χ2v) is 3.17. The summed E-state index contributed by atoms with van der Waals surface area (Å²) in [4.78, 5) is 3.72. The van der Waals surface area contributed by atoms with E-state index in [4.69, 9.17) is 5.73 Å². The molecule has 1 aromatic rings. The molecule has 3 nitrogen and oxygen atoms in total. The molecule has 13 heavy (non-hydrogen) atoms. The first kappa shape index (κ1) is 10.2. The molecule has 0 bridgehead atoms. The SMILES string of the molecule is Nc1cc(Br)cnc1OCC(F)F. The third-order valence-corrected chi connectivity index (χ3v) is 1.63. The Labute approximate surface area is 82.0 Å². The quantitative estimate of drug-likeness (QED) is 0.896. The van der Waals surface area contributed by atoms with Gasteiger partial charge in [0.15, 0.2) is 6.61 Å². The molecule has 1 rings (SSSR count). The van der Waals surface area contributed by atoms with Crippen molar-refractivity contribution in [1.82, 2.24) is 4.98 Å². The van der Waals surface area contributed by atoms with Crippen molar-refractivity contribution < 1.29 is 13.5 Å². The molecule has 2 N–H and O–H groups in total. The van der Waals surface area contributed by atoms with Crippen LogP contribution < -0.4 is 10.5 Å². The predicted molar refractivity (Wildman–Crippen MR) is 47.8 cm³/mol. The highest BCUT2D eigenvalue weighted by Crippen LogP contribution is 2.21. The van der Waals surface area contributed by atoms with Crippen LogP contribution in [0.5, 0.6) is 5.88 Å². The first-order chi connectivity index (χ1) is 6.09. The van der Waals surface area contributed by atoms with Gasteiger partial charge in [-0.25, -0.2) is 13.8 Å². The Kier molecular flexibility index (Phi) is 3.41. The Morgan fingerprint density at radius 2 is 2.31 bits per heavy atom. The summed E-state index contributed by atoms with van der Waals surface area (Å²) in [7, 11) is 0. The number of anilines is 1. The van der Waals surface area contributed by atoms with Crippen molar-refractivity contribution in [2.45, 2.75) is 6.43 Å². The molecule has 0 aliphatic heterocycles. The number of aromatic nitrogens is 1. The summed E-state index contributed by atoms with van der Waals surface area (Å²) in [6.45, 7) is -0.696. The van der Waals surface area contributed by atoms with Gasteiger partial charge in [-0.3, -0.25) is 0 Å². The maximum absolute atomic E-state index is 11.7. The van der Waals surface area contributed by atoms with Crippen molar-refractivity contribution in [3.8, 4) is 5.88 Å². The minimum absolute atomic E-state index is 0.0310. The highest BCUT2D eigenvalue weighted by atomic mass is 79.9. The first-order valence-electron chi connectivity index (χ1n) is 3.41. The van der Waals surface area contributed by atoms with Crippen molar-refractivity contribution in [2.75, 3.05) is 12.3 Å². The van der Waals surface area contributed by atoms with Crippen LogP contribution >= 0.6 is 15.9 Å². The highest BCUT2D eigenvalue weighted by Gasteiger charge is 2.07. The topological polar surface area (TPSA) is 48.1 Å². The maximum Gasteiger partial charge on any atom is 0.272 e. The van der Waals surface area contributed by atoms with E-state index in [-0.39, 0.29) is 11.6 Å². The van der Waals surface area contributed by atoms with E-state index in [1.54, 1.807) is 0 Å². The molecule has 1 heterocycles. The van der Waals surface area contributed by atoms with Crippen LogP contribution in [0.3, 0.4) is 0 Å². The number of nitrogen functional groups attached to an aromatic ring is 1. The van der Waals surface area contributed by atoms with Crippen LogP contribution in [-0.4, -0.2) is 18.0 Å². The molecule has 0 atom stereocenters. The Bertz CT molecular complexity index is 296. The number of nitrogens with two attached hydrogens (primary N) is 1. The number of ether oxygens (including phenoxy) is 1. The van der Waals surface area contributed by atoms with Gasteiger partial charge in [-0.05, 0) is 22.0 Å². The van der Waals surface area contributed by atoms with Crippen LogP contribution in [0.1, 0.15) is 0 Å². The molecule has 0 aliphatic rings. The van der Waals surface area contributed by atoms with Crippen molar-refractivity contribution in [3.05, 3.63) is 16.7 Å². The van der Waals surface area contributed by atoms with Gasteiger partial charge in [-0.1, -0.05) is 0 Å². The fourth-order valence-electron chi connectivity index (χ4n) is 0.705. The predicted octanol–water partition coefficient (Wildman–Crippen LogP) is 2.07. The molecule has 72 valence electrons. The van der Waals surface area contributed by atoms with E-state index < -0.39 is 13.0 Å². The molecule has 0 aromatic carbocycles. The minimum Gasteiger partial charge on any atom is -0.470 e. The fourth-order valence-corrected chi connectivity index (χ4v) is 1.05. The second kappa shape index (κ2) is 4.36. The van der Waals surface area contributed by atoms with E-state index >= 15 is 0 Å². The van der Waals surface area contributed by atoms with Crippen molar-refractivity contribution >= 4 is 21.6 Å². The molecule has 0 saturated heterocycles. The number of hydrogen-bond acceptors (Lipinski definition) is 3. The number of nitrogens with zero attached hydrogens (tertiary/aromatic N) is 1. The van der Waals surface area contributed by atoms with Crippen LogP contribution in [0.25, 0.3) is 0 Å². The standard InChI is InChI=1S/C7H7BrF2N2O/c8-4-1-5(11)7(12-2-4)13-3-6(9)10/h1-2,6H,3,11H2. The van der Waals surface area contributed by atoms with E-state index in [1.807, 2.05) is 0 Å². The number of hydrogen-bond donors (Lipinski definition) is 1. The van der Waals surface area contributed by atoms with Gasteiger partial charge in [0.1, 0.15) is 0 Å². The molecule has 6 heteroatoms. The van der Waals surface area contributed by atoms with Gasteiger partial charge in [0.05, 0.1) is 5.69 Å². The van der Waals surface area contributed by atoms with Gasteiger partial charge in [-0.15, -0.1) is 0 Å². The van der Waals surface area contributed by atoms with E-state index in [0.29, 0.717) is 4.47 Å². The molecule has 0 amide bonds. The summed E-state index contributed by atoms with van der Waals surface area (Å²) < 4.78 is 28.8. The van der Waals surface area contributed by atoms with Crippen molar-refractivity contribution in [2.24, 2.45) is 0 Å². The lowest BCUT2D eigenvalue weighted by Gasteiger charge is -2.06. The molecular formula is C7H7BrF2N2O. The summed E-state index contributed by atoms with van der Waals surface area (Å²) in [5.74, 6) is 0.0310. The smallest absolute Gasteiger partial charge is 0.272 e. The first-order valence-corrected chi connectivity index (χ1v) is 4.21. The number of rotatable bonds is 3. The lowest BCUT2D eigenvalue weighted by atomic mass is 10.4. The van der Waals surface area contributed by atoms with Gasteiger partial charge in [-0.2, -0.15) is 0 Å². The van der Waals surface area contributed by atoms with Crippen molar-refractivity contribution in [1.29, 1.82) is 0 Å². The maximum atomic E-state index is 11.7. The summed E-state index contributed by atoms with van der Waals surface area (Å²) in [6.07, 6.45) is -1.10. The fraction of sp³-hybridized carbons (Fsp3) is 0.286. The lowest BCUT2D eigenvalue weighted by Crippen LogP contribution is -2.09. The Balaban J connectivity index is 2.67. The zero-order chi connectivity index (χ0) is 9.84. The molecular weight excluding hydrogens is 246 g/mol. The van der Waals surface area contributed by atoms with Gasteiger partial charge >= 0.3 is 0 Å². The Hall–Kier alpha value is -0.910. The van der Waals surface area contributed by atoms with Gasteiger partial charge in [0.25, 0.3) is 6.43 Å². The molecule has 1 aromatic heterocycles. The third kappa shape index (κ3) is 3.14. The minimum atomic E-state index is -2.52. The molecule has 0 spiro atoms. The van der Waals surface area contributed by atoms with Crippen LogP contribution in [0, 0.1) is 0 Å². The van der Waals surface area contributed by atoms with E-state index in [2.05, 4.69) is 25.7 Å². The summed E-state index contributed by atoms with van der Waals surface area (Å²) in [6, 6.07) is 1.54. The zero-order valence-corrected chi connectivity index (χ0v) is 8.09. The van der Waals surface area contributed by atoms with Gasteiger partial charge < -0.3 is 10.5 Å². The second-order valence-electron chi connectivity index (χ2n) is 2.25. The average Bonchev–Trinajstić information content (AvgIpc) is 2.02. The van der Waals surface area contributed by atoms with Crippen LogP contribution in [0.4, 0.5) is 14.5 Å². The zero-order valence-electron chi connectivity index (χ0n) is 6.51. The highest BCUT2D eigenvalue weighted by molar-refractivity contribution is 9.10. The monoisotopic (exact) mass is 252 g/mol. The van der Waals surface area contributed by atoms with Crippen LogP contribution in [0.2, 0.25) is 0 Å². The van der Waals surface area contributed by atoms with E-state index in [0.717, 1.165) is 0 Å². The molecule has 0 fully saturated rings. The largest absolute Gasteiger partial charge is 0.470 e. The number of halogens is 3. The molecule has 0 aliphatic carbocycles. The van der Waals surface area contributed by atoms with Crippen molar-refractivity contribution in [3.63, 3.8) is 0 Å². The Morgan fingerprint density at radius 1 is 1.62 bits per heavy atom. The van der Waals surface area contributed by atoms with Crippen LogP contribution in [-0.2, 0) is 0 Å². The van der Waals surface area contributed by atoms with E-state index in [9.17, 15) is 8.78 Å². The summed E-state index contributed by atoms with van der Waals surface area (Å²) >= 11 is 3.13. The molecule has 0 unspecified atom stereocenters. The molecule has 0 saturated carbocycles. The lowest BCUT2D eigenvalue weighted by molar-refractivity contribution is 0.0800. The third-order valence-electron chi connectivity index (χ3n) is 1.19. The Morgan fingerprint density at radius 3 is 2.85 bits per heavy atom. The molecule has 0 radical (unpaired) electrons. The van der Waals surface area contributed by atoms with Crippen LogP contribution in [0.15, 0.2) is 16.7 Å². The van der Waals surface area contributed by atoms with E-state index in [1.165, 1.54) is 12.3 Å². The van der Waals surface area contributed by atoms with Gasteiger partial charge in [0.2, 0.25) is 5.88 Å². The summed E-state index contributed by atoms with van der Waals surface area (Å²) in [5.41, 5.74) is 5.68. The summed E-state index contributed by atoms with van der Waals surface area (Å²) in [5, 5.41) is 0. The normalized spacial score (nSPS) is 10.5. The average molecular weight is 253 g/mol.